The molecule has 1 aliphatic carbocycles. The van der Waals surface area contributed by atoms with Crippen molar-refractivity contribution in [3.63, 3.8) is 0 Å². The van der Waals surface area contributed by atoms with E-state index in [2.05, 4.69) is 9.44 Å². The summed E-state index contributed by atoms with van der Waals surface area (Å²) >= 11 is 0. The molecule has 2 rings (SSSR count). The van der Waals surface area contributed by atoms with E-state index in [1.165, 1.54) is 13.0 Å². The summed E-state index contributed by atoms with van der Waals surface area (Å²) in [5, 5.41) is 0. The second kappa shape index (κ2) is 7.34. The number of hydrogen-bond acceptors (Lipinski definition) is 5. The molecule has 0 spiro atoms. The van der Waals surface area contributed by atoms with E-state index in [-0.39, 0.29) is 28.4 Å². The maximum Gasteiger partial charge on any atom is 0.240 e. The number of halogens is 1. The molecule has 136 valence electrons. The van der Waals surface area contributed by atoms with Crippen LogP contribution in [0.15, 0.2) is 23.1 Å². The summed E-state index contributed by atoms with van der Waals surface area (Å²) < 4.78 is 66.3. The second-order valence-corrected chi connectivity index (χ2v) is 9.61. The highest BCUT2D eigenvalue weighted by Crippen LogP contribution is 2.23. The molecule has 0 saturated heterocycles. The molecule has 0 amide bonds. The summed E-state index contributed by atoms with van der Waals surface area (Å²) in [6.45, 7) is 1.42. The van der Waals surface area contributed by atoms with Crippen LogP contribution in [0.4, 0.5) is 10.1 Å². The fraction of sp³-hybridized carbons (Fsp3) is 0.571. The standard InChI is InChI=1S/C14H22FN3O4S2/c1-2-23(19,20)18-14-8-7-12(9-13(14)15)24(21,22)17-11-5-3-10(16)4-6-11/h7-11,17-18H,2-6,16H2,1H3. The zero-order chi connectivity index (χ0) is 18.0. The SMILES string of the molecule is CCS(=O)(=O)Nc1ccc(S(=O)(=O)NC2CCC(N)CC2)cc1F. The Labute approximate surface area is 141 Å². The first-order chi connectivity index (χ1) is 11.1. The number of nitrogens with two attached hydrogens (primary N) is 1. The molecule has 1 aliphatic rings. The van der Waals surface area contributed by atoms with Gasteiger partial charge in [-0.3, -0.25) is 4.72 Å². The topological polar surface area (TPSA) is 118 Å². The molecule has 0 bridgehead atoms. The van der Waals surface area contributed by atoms with Crippen LogP contribution in [0.5, 0.6) is 0 Å². The predicted molar refractivity (Wildman–Crippen MR) is 90.0 cm³/mol. The average Bonchev–Trinajstić information content (AvgIpc) is 2.51. The van der Waals surface area contributed by atoms with Gasteiger partial charge in [-0.2, -0.15) is 0 Å². The third-order valence-electron chi connectivity index (χ3n) is 3.99. The number of nitrogens with one attached hydrogen (secondary N) is 2. The van der Waals surface area contributed by atoms with Gasteiger partial charge in [-0.1, -0.05) is 0 Å². The summed E-state index contributed by atoms with van der Waals surface area (Å²) in [5.41, 5.74) is 5.51. The first-order valence-corrected chi connectivity index (χ1v) is 10.8. The van der Waals surface area contributed by atoms with Crippen LogP contribution in [-0.4, -0.2) is 34.7 Å². The minimum Gasteiger partial charge on any atom is -0.328 e. The van der Waals surface area contributed by atoms with Gasteiger partial charge in [0.05, 0.1) is 16.3 Å². The lowest BCUT2D eigenvalue weighted by molar-refractivity contribution is 0.373. The van der Waals surface area contributed by atoms with E-state index >= 15 is 0 Å². The molecule has 0 aliphatic heterocycles. The van der Waals surface area contributed by atoms with Crippen molar-refractivity contribution in [2.45, 2.75) is 49.6 Å². The normalized spacial score (nSPS) is 22.3. The molecule has 1 saturated carbocycles. The van der Waals surface area contributed by atoms with Gasteiger partial charge < -0.3 is 5.73 Å². The Morgan fingerprint density at radius 3 is 2.33 bits per heavy atom. The molecule has 0 heterocycles. The first-order valence-electron chi connectivity index (χ1n) is 7.71. The predicted octanol–water partition coefficient (Wildman–Crippen LogP) is 1.14. The van der Waals surface area contributed by atoms with Crippen molar-refractivity contribution in [3.05, 3.63) is 24.0 Å². The molecule has 10 heteroatoms. The summed E-state index contributed by atoms with van der Waals surface area (Å²) in [5.74, 6) is -1.15. The fourth-order valence-corrected chi connectivity index (χ4v) is 4.47. The molecule has 0 unspecified atom stereocenters. The van der Waals surface area contributed by atoms with Crippen molar-refractivity contribution in [3.8, 4) is 0 Å². The highest BCUT2D eigenvalue weighted by atomic mass is 32.2. The summed E-state index contributed by atoms with van der Waals surface area (Å²) in [4.78, 5) is -0.241. The highest BCUT2D eigenvalue weighted by Gasteiger charge is 2.25. The van der Waals surface area contributed by atoms with Crippen LogP contribution >= 0.6 is 0 Å². The minimum atomic E-state index is -3.87. The molecule has 0 radical (unpaired) electrons. The molecular weight excluding hydrogens is 357 g/mol. The maximum absolute atomic E-state index is 14.0. The summed E-state index contributed by atoms with van der Waals surface area (Å²) in [6.07, 6.45) is 2.74. The third-order valence-corrected chi connectivity index (χ3v) is 6.80. The fourth-order valence-electron chi connectivity index (χ4n) is 2.51. The number of hydrogen-bond donors (Lipinski definition) is 3. The second-order valence-electron chi connectivity index (χ2n) is 5.88. The highest BCUT2D eigenvalue weighted by molar-refractivity contribution is 7.92. The molecule has 1 fully saturated rings. The van der Waals surface area contributed by atoms with Gasteiger partial charge in [-0.25, -0.2) is 25.9 Å². The van der Waals surface area contributed by atoms with Crippen molar-refractivity contribution >= 4 is 25.7 Å². The molecular formula is C14H22FN3O4S2. The zero-order valence-electron chi connectivity index (χ0n) is 13.3. The van der Waals surface area contributed by atoms with Gasteiger partial charge in [0.2, 0.25) is 20.0 Å². The van der Waals surface area contributed by atoms with E-state index in [1.807, 2.05) is 0 Å². The number of rotatable bonds is 6. The average molecular weight is 379 g/mol. The minimum absolute atomic E-state index is 0.0917. The number of anilines is 1. The van der Waals surface area contributed by atoms with E-state index in [1.54, 1.807) is 0 Å². The lowest BCUT2D eigenvalue weighted by Crippen LogP contribution is -2.40. The quantitative estimate of drug-likeness (QED) is 0.685. The van der Waals surface area contributed by atoms with E-state index in [0.717, 1.165) is 25.0 Å². The molecule has 1 aromatic rings. The zero-order valence-corrected chi connectivity index (χ0v) is 15.0. The van der Waals surface area contributed by atoms with Crippen molar-refractivity contribution in [2.24, 2.45) is 5.73 Å². The molecule has 4 N–H and O–H groups in total. The Balaban J connectivity index is 2.15. The van der Waals surface area contributed by atoms with Gasteiger partial charge in [0.25, 0.3) is 0 Å². The lowest BCUT2D eigenvalue weighted by atomic mass is 9.93. The van der Waals surface area contributed by atoms with Gasteiger partial charge in [0.15, 0.2) is 0 Å². The van der Waals surface area contributed by atoms with E-state index < -0.39 is 25.9 Å². The Morgan fingerprint density at radius 1 is 1.17 bits per heavy atom. The number of sulfonamides is 2. The first kappa shape index (κ1) is 19.1. The molecule has 0 atom stereocenters. The van der Waals surface area contributed by atoms with Crippen LogP contribution in [0.25, 0.3) is 0 Å². The smallest absolute Gasteiger partial charge is 0.240 e. The van der Waals surface area contributed by atoms with Crippen molar-refractivity contribution < 1.29 is 21.2 Å². The molecule has 7 nitrogen and oxygen atoms in total. The Morgan fingerprint density at radius 2 is 1.79 bits per heavy atom. The van der Waals surface area contributed by atoms with E-state index in [4.69, 9.17) is 5.73 Å². The van der Waals surface area contributed by atoms with Gasteiger partial charge in [-0.05, 0) is 50.8 Å². The largest absolute Gasteiger partial charge is 0.328 e. The Bertz CT molecular complexity index is 788. The van der Waals surface area contributed by atoms with Gasteiger partial charge >= 0.3 is 0 Å². The maximum atomic E-state index is 14.0. The van der Waals surface area contributed by atoms with Crippen LogP contribution < -0.4 is 15.2 Å². The summed E-state index contributed by atoms with van der Waals surface area (Å²) in [6, 6.07) is 2.96. The van der Waals surface area contributed by atoms with Gasteiger partial charge in [-0.15, -0.1) is 0 Å². The van der Waals surface area contributed by atoms with Crippen molar-refractivity contribution in [2.75, 3.05) is 10.5 Å². The van der Waals surface area contributed by atoms with E-state index in [0.29, 0.717) is 12.8 Å². The van der Waals surface area contributed by atoms with Crippen LogP contribution in [-0.2, 0) is 20.0 Å². The van der Waals surface area contributed by atoms with Crippen LogP contribution in [0, 0.1) is 5.82 Å². The van der Waals surface area contributed by atoms with Crippen molar-refractivity contribution in [1.82, 2.24) is 4.72 Å². The van der Waals surface area contributed by atoms with Crippen LogP contribution in [0.2, 0.25) is 0 Å². The van der Waals surface area contributed by atoms with Gasteiger partial charge in [0.1, 0.15) is 5.82 Å². The third kappa shape index (κ3) is 4.88. The molecule has 0 aromatic heterocycles. The number of benzene rings is 1. The molecule has 1 aromatic carbocycles. The van der Waals surface area contributed by atoms with Crippen molar-refractivity contribution in [1.29, 1.82) is 0 Å². The Hall–Kier alpha value is -1.23. The Kier molecular flexibility index (Phi) is 5.84. The summed E-state index contributed by atoms with van der Waals surface area (Å²) in [7, 11) is -7.51. The lowest BCUT2D eigenvalue weighted by Gasteiger charge is -2.26. The van der Waals surface area contributed by atoms with Gasteiger partial charge in [0, 0.05) is 12.1 Å². The van der Waals surface area contributed by atoms with E-state index in [9.17, 15) is 21.2 Å². The van der Waals surface area contributed by atoms with Crippen LogP contribution in [0.3, 0.4) is 0 Å². The monoisotopic (exact) mass is 379 g/mol. The van der Waals surface area contributed by atoms with Crippen LogP contribution in [0.1, 0.15) is 32.6 Å². The molecule has 24 heavy (non-hydrogen) atoms.